The van der Waals surface area contributed by atoms with Crippen LogP contribution in [0.5, 0.6) is 0 Å². The largest absolute Gasteiger partial charge is 0.352 e. The van der Waals surface area contributed by atoms with Crippen LogP contribution in [0, 0.1) is 0 Å². The van der Waals surface area contributed by atoms with Crippen molar-refractivity contribution in [2.24, 2.45) is 0 Å². The number of hydrogen-bond donors (Lipinski definition) is 4. The fraction of sp³-hybridized carbons (Fsp3) is 0.448. The Morgan fingerprint density at radius 3 is 1.41 bits per heavy atom. The van der Waals surface area contributed by atoms with Crippen molar-refractivity contribution in [1.82, 2.24) is 10.6 Å². The summed E-state index contributed by atoms with van der Waals surface area (Å²) >= 11 is 0. The molecule has 2 aromatic rings. The summed E-state index contributed by atoms with van der Waals surface area (Å²) in [6.07, 6.45) is 6.84. The minimum Gasteiger partial charge on any atom is -0.352 e. The fourth-order valence-corrected chi connectivity index (χ4v) is 3.71. The predicted molar refractivity (Wildman–Crippen MR) is 148 cm³/mol. The molecule has 0 radical (unpaired) electrons. The first-order chi connectivity index (χ1) is 17.9. The SMILES string of the molecule is CCCNC(=O)c1cccc(NC(=O)CCCCCCCC(=O)Nc2cccc(C(=O)NCCC)c2)c1. The molecule has 8 nitrogen and oxygen atoms in total. The third-order valence-electron chi connectivity index (χ3n) is 5.70. The van der Waals surface area contributed by atoms with Crippen LogP contribution in [0.15, 0.2) is 48.5 Å². The van der Waals surface area contributed by atoms with Gasteiger partial charge >= 0.3 is 0 Å². The molecule has 0 bridgehead atoms. The molecule has 0 aliphatic heterocycles. The molecule has 2 rings (SSSR count). The van der Waals surface area contributed by atoms with Gasteiger partial charge in [-0.1, -0.05) is 45.2 Å². The smallest absolute Gasteiger partial charge is 0.251 e. The Hall–Kier alpha value is -3.68. The summed E-state index contributed by atoms with van der Waals surface area (Å²) in [5.41, 5.74) is 2.29. The zero-order valence-electron chi connectivity index (χ0n) is 22.0. The molecular formula is C29H40N4O4. The number of nitrogens with one attached hydrogen (secondary N) is 4. The van der Waals surface area contributed by atoms with Gasteiger partial charge in [0, 0.05) is 48.4 Å². The van der Waals surface area contributed by atoms with Gasteiger partial charge in [0.25, 0.3) is 11.8 Å². The Kier molecular flexibility index (Phi) is 13.5. The summed E-state index contributed by atoms with van der Waals surface area (Å²) < 4.78 is 0. The summed E-state index contributed by atoms with van der Waals surface area (Å²) in [6, 6.07) is 13.9. The van der Waals surface area contributed by atoms with Gasteiger partial charge < -0.3 is 21.3 Å². The van der Waals surface area contributed by atoms with E-state index in [-0.39, 0.29) is 23.6 Å². The normalized spacial score (nSPS) is 10.4. The molecule has 0 fully saturated rings. The minimum atomic E-state index is -0.144. The zero-order chi connectivity index (χ0) is 26.9. The third-order valence-corrected chi connectivity index (χ3v) is 5.70. The second-order valence-electron chi connectivity index (χ2n) is 9.04. The molecule has 0 heterocycles. The number of unbranched alkanes of at least 4 members (excludes halogenated alkanes) is 4. The predicted octanol–water partition coefficient (Wildman–Crippen LogP) is 5.27. The average molecular weight is 509 g/mol. The van der Waals surface area contributed by atoms with Crippen LogP contribution >= 0.6 is 0 Å². The molecule has 0 aliphatic carbocycles. The van der Waals surface area contributed by atoms with Crippen molar-refractivity contribution in [1.29, 1.82) is 0 Å². The van der Waals surface area contributed by atoms with Crippen LogP contribution in [-0.4, -0.2) is 36.7 Å². The van der Waals surface area contributed by atoms with Crippen molar-refractivity contribution in [2.45, 2.75) is 71.6 Å². The van der Waals surface area contributed by atoms with Crippen LogP contribution in [-0.2, 0) is 9.59 Å². The lowest BCUT2D eigenvalue weighted by Crippen LogP contribution is -2.24. The first-order valence-corrected chi connectivity index (χ1v) is 13.3. The Labute approximate surface area is 220 Å². The molecule has 0 unspecified atom stereocenters. The number of rotatable bonds is 16. The van der Waals surface area contributed by atoms with Crippen molar-refractivity contribution >= 4 is 35.0 Å². The Morgan fingerprint density at radius 2 is 1.00 bits per heavy atom. The van der Waals surface area contributed by atoms with Crippen molar-refractivity contribution in [2.75, 3.05) is 23.7 Å². The number of benzene rings is 2. The van der Waals surface area contributed by atoms with E-state index in [1.54, 1.807) is 48.5 Å². The molecule has 0 saturated heterocycles. The van der Waals surface area contributed by atoms with Crippen molar-refractivity contribution in [3.63, 3.8) is 0 Å². The molecule has 8 heteroatoms. The van der Waals surface area contributed by atoms with Crippen LogP contribution in [0.1, 0.15) is 92.4 Å². The maximum absolute atomic E-state index is 12.2. The third kappa shape index (κ3) is 11.7. The number of amides is 4. The van der Waals surface area contributed by atoms with Gasteiger partial charge in [0.05, 0.1) is 0 Å². The van der Waals surface area contributed by atoms with Crippen LogP contribution in [0.4, 0.5) is 11.4 Å². The number of carbonyl (C=O) groups is 4. The number of carbonyl (C=O) groups excluding carboxylic acids is 4. The highest BCUT2D eigenvalue weighted by Crippen LogP contribution is 2.14. The van der Waals surface area contributed by atoms with E-state index in [1.807, 2.05) is 13.8 Å². The maximum atomic E-state index is 12.2. The van der Waals surface area contributed by atoms with Crippen molar-refractivity contribution in [3.8, 4) is 0 Å². The molecule has 37 heavy (non-hydrogen) atoms. The second kappa shape index (κ2) is 16.9. The van der Waals surface area contributed by atoms with E-state index in [4.69, 9.17) is 0 Å². The van der Waals surface area contributed by atoms with E-state index in [0.29, 0.717) is 48.4 Å². The van der Waals surface area contributed by atoms with Gasteiger partial charge in [-0.05, 0) is 62.1 Å². The zero-order valence-corrected chi connectivity index (χ0v) is 22.0. The van der Waals surface area contributed by atoms with Crippen LogP contribution < -0.4 is 21.3 Å². The maximum Gasteiger partial charge on any atom is 0.251 e. The molecule has 4 amide bonds. The van der Waals surface area contributed by atoms with E-state index in [2.05, 4.69) is 21.3 Å². The van der Waals surface area contributed by atoms with Gasteiger partial charge in [-0.15, -0.1) is 0 Å². The highest BCUT2D eigenvalue weighted by molar-refractivity contribution is 5.98. The Morgan fingerprint density at radius 1 is 0.595 bits per heavy atom. The summed E-state index contributed by atoms with van der Waals surface area (Å²) in [4.78, 5) is 48.6. The fourth-order valence-electron chi connectivity index (χ4n) is 3.71. The minimum absolute atomic E-state index is 0.0731. The van der Waals surface area contributed by atoms with Gasteiger partial charge in [0.2, 0.25) is 11.8 Å². The van der Waals surface area contributed by atoms with Crippen LogP contribution in [0.25, 0.3) is 0 Å². The van der Waals surface area contributed by atoms with Crippen LogP contribution in [0.3, 0.4) is 0 Å². The topological polar surface area (TPSA) is 116 Å². The van der Waals surface area contributed by atoms with Gasteiger partial charge in [0.1, 0.15) is 0 Å². The summed E-state index contributed by atoms with van der Waals surface area (Å²) in [7, 11) is 0. The average Bonchev–Trinajstić information content (AvgIpc) is 2.90. The number of anilines is 2. The van der Waals surface area contributed by atoms with E-state index in [9.17, 15) is 19.2 Å². The Balaban J connectivity index is 1.59. The lowest BCUT2D eigenvalue weighted by molar-refractivity contribution is -0.117. The quantitative estimate of drug-likeness (QED) is 0.231. The highest BCUT2D eigenvalue weighted by Gasteiger charge is 2.09. The van der Waals surface area contributed by atoms with Gasteiger partial charge in [-0.3, -0.25) is 19.2 Å². The molecule has 0 atom stereocenters. The molecule has 200 valence electrons. The molecule has 0 spiro atoms. The summed E-state index contributed by atoms with van der Waals surface area (Å²) in [5, 5.41) is 11.4. The second-order valence-corrected chi connectivity index (χ2v) is 9.04. The van der Waals surface area contributed by atoms with Crippen LogP contribution in [0.2, 0.25) is 0 Å². The van der Waals surface area contributed by atoms with Crippen molar-refractivity contribution in [3.05, 3.63) is 59.7 Å². The van der Waals surface area contributed by atoms with Gasteiger partial charge in [0.15, 0.2) is 0 Å². The number of hydrogen-bond acceptors (Lipinski definition) is 4. The molecule has 0 aliphatic rings. The first kappa shape index (κ1) is 29.5. The highest BCUT2D eigenvalue weighted by atomic mass is 16.2. The summed E-state index contributed by atoms with van der Waals surface area (Å²) in [6.45, 7) is 5.22. The summed E-state index contributed by atoms with van der Waals surface area (Å²) in [5.74, 6) is -0.433. The van der Waals surface area contributed by atoms with E-state index in [1.165, 1.54) is 0 Å². The molecular weight excluding hydrogens is 468 g/mol. The van der Waals surface area contributed by atoms with E-state index >= 15 is 0 Å². The van der Waals surface area contributed by atoms with E-state index < -0.39 is 0 Å². The van der Waals surface area contributed by atoms with Crippen molar-refractivity contribution < 1.29 is 19.2 Å². The Bertz CT molecular complexity index is 957. The molecule has 0 aromatic heterocycles. The molecule has 2 aromatic carbocycles. The molecule has 0 saturated carbocycles. The lowest BCUT2D eigenvalue weighted by Gasteiger charge is -2.09. The van der Waals surface area contributed by atoms with Gasteiger partial charge in [-0.2, -0.15) is 0 Å². The van der Waals surface area contributed by atoms with Gasteiger partial charge in [-0.25, -0.2) is 0 Å². The first-order valence-electron chi connectivity index (χ1n) is 13.3. The van der Waals surface area contributed by atoms with E-state index in [0.717, 1.165) is 44.9 Å². The molecule has 4 N–H and O–H groups in total. The monoisotopic (exact) mass is 508 g/mol. The standard InChI is InChI=1S/C29H40N4O4/c1-3-18-30-28(36)22-12-10-14-24(20-22)32-26(34)16-8-6-5-7-9-17-27(35)33-25-15-11-13-23(21-25)29(37)31-19-4-2/h10-15,20-21H,3-9,16-19H2,1-2H3,(H,30,36)(H,31,37)(H,32,34)(H,33,35). The lowest BCUT2D eigenvalue weighted by atomic mass is 10.1.